The highest BCUT2D eigenvalue weighted by atomic mass is 16.2. The number of carbonyl (C=O) groups excluding carboxylic acids is 1. The number of aliphatic imine (C=N–C) groups is 1. The van der Waals surface area contributed by atoms with Crippen LogP contribution in [0.15, 0.2) is 29.3 Å². The molecule has 0 radical (unpaired) electrons. The molecule has 0 aliphatic carbocycles. The van der Waals surface area contributed by atoms with Crippen LogP contribution in [-0.4, -0.2) is 55.5 Å². The predicted octanol–water partition coefficient (Wildman–Crippen LogP) is 2.68. The molecule has 3 N–H and O–H groups in total. The van der Waals surface area contributed by atoms with E-state index in [0.717, 1.165) is 45.0 Å². The molecule has 2 rings (SSSR count). The van der Waals surface area contributed by atoms with E-state index in [4.69, 9.17) is 4.99 Å². The Bertz CT molecular complexity index is 678. The maximum Gasteiger partial charge on any atom is 0.227 e. The van der Waals surface area contributed by atoms with Crippen LogP contribution in [0, 0.1) is 12.3 Å². The lowest BCUT2D eigenvalue weighted by Gasteiger charge is -2.33. The molecule has 1 fully saturated rings. The van der Waals surface area contributed by atoms with Gasteiger partial charge in [-0.2, -0.15) is 0 Å². The number of piperidine rings is 1. The van der Waals surface area contributed by atoms with E-state index in [1.54, 1.807) is 0 Å². The number of guanidine groups is 1. The summed E-state index contributed by atoms with van der Waals surface area (Å²) < 4.78 is 0. The lowest BCUT2D eigenvalue weighted by molar-refractivity contribution is -0.128. The van der Waals surface area contributed by atoms with Gasteiger partial charge in [-0.25, -0.2) is 0 Å². The fourth-order valence-electron chi connectivity index (χ4n) is 3.53. The molecular formula is C23H39N5O. The summed E-state index contributed by atoms with van der Waals surface area (Å²) >= 11 is 0. The van der Waals surface area contributed by atoms with Crippen molar-refractivity contribution in [2.45, 2.75) is 60.0 Å². The van der Waals surface area contributed by atoms with E-state index in [1.165, 1.54) is 11.1 Å². The summed E-state index contributed by atoms with van der Waals surface area (Å²) in [6, 6.07) is 9.05. The van der Waals surface area contributed by atoms with Crippen molar-refractivity contribution in [1.29, 1.82) is 0 Å². The van der Waals surface area contributed by atoms with Crippen LogP contribution in [-0.2, 0) is 11.3 Å². The molecular weight excluding hydrogens is 362 g/mol. The van der Waals surface area contributed by atoms with E-state index in [-0.39, 0.29) is 5.91 Å². The van der Waals surface area contributed by atoms with Crippen molar-refractivity contribution in [3.8, 4) is 0 Å². The number of amides is 1. The molecule has 1 aromatic carbocycles. The summed E-state index contributed by atoms with van der Waals surface area (Å²) in [5.74, 6) is 0.853. The first-order chi connectivity index (χ1) is 13.9. The lowest BCUT2D eigenvalue weighted by atomic mass is 9.92. The van der Waals surface area contributed by atoms with Crippen molar-refractivity contribution in [1.82, 2.24) is 20.9 Å². The number of likely N-dealkylation sites (tertiary alicyclic amines) is 1. The highest BCUT2D eigenvalue weighted by Crippen LogP contribution is 2.17. The normalized spacial score (nSPS) is 16.5. The second-order valence-electron chi connectivity index (χ2n) is 8.56. The molecule has 0 unspecified atom stereocenters. The van der Waals surface area contributed by atoms with Gasteiger partial charge in [-0.05, 0) is 58.6 Å². The molecule has 1 aromatic rings. The SMILES string of the molecule is CCNC(=O)C(C)(C)CN=C(NCC)NC1CCN(Cc2ccccc2C)CC1. The molecule has 0 bridgehead atoms. The highest BCUT2D eigenvalue weighted by Gasteiger charge is 2.27. The predicted molar refractivity (Wildman–Crippen MR) is 121 cm³/mol. The van der Waals surface area contributed by atoms with Crippen LogP contribution in [0.25, 0.3) is 0 Å². The molecule has 0 atom stereocenters. The Morgan fingerprint density at radius 1 is 1.14 bits per heavy atom. The monoisotopic (exact) mass is 401 g/mol. The first kappa shape index (κ1) is 23.2. The van der Waals surface area contributed by atoms with Gasteiger partial charge >= 0.3 is 0 Å². The zero-order chi connectivity index (χ0) is 21.3. The van der Waals surface area contributed by atoms with Gasteiger partial charge in [-0.3, -0.25) is 14.7 Å². The lowest BCUT2D eigenvalue weighted by Crippen LogP contribution is -2.49. The third-order valence-corrected chi connectivity index (χ3v) is 5.51. The number of hydrogen-bond donors (Lipinski definition) is 3. The average Bonchev–Trinajstić information content (AvgIpc) is 2.70. The molecule has 6 heteroatoms. The van der Waals surface area contributed by atoms with Crippen molar-refractivity contribution >= 4 is 11.9 Å². The maximum atomic E-state index is 12.2. The van der Waals surface area contributed by atoms with Gasteiger partial charge in [-0.1, -0.05) is 24.3 Å². The van der Waals surface area contributed by atoms with Gasteiger partial charge < -0.3 is 16.0 Å². The molecule has 6 nitrogen and oxygen atoms in total. The van der Waals surface area contributed by atoms with Crippen LogP contribution in [0.1, 0.15) is 51.7 Å². The van der Waals surface area contributed by atoms with Crippen molar-refractivity contribution < 1.29 is 4.79 Å². The minimum Gasteiger partial charge on any atom is -0.357 e. The van der Waals surface area contributed by atoms with Crippen LogP contribution in [0.3, 0.4) is 0 Å². The molecule has 1 amide bonds. The highest BCUT2D eigenvalue weighted by molar-refractivity contribution is 5.83. The fraction of sp³-hybridized carbons (Fsp3) is 0.652. The number of rotatable bonds is 8. The number of nitrogens with one attached hydrogen (secondary N) is 3. The van der Waals surface area contributed by atoms with Crippen molar-refractivity contribution in [2.75, 3.05) is 32.7 Å². The molecule has 29 heavy (non-hydrogen) atoms. The molecule has 1 aliphatic heterocycles. The molecule has 0 saturated carbocycles. The summed E-state index contributed by atoms with van der Waals surface area (Å²) in [5.41, 5.74) is 2.26. The van der Waals surface area contributed by atoms with E-state index < -0.39 is 5.41 Å². The number of aryl methyl sites for hydroxylation is 1. The van der Waals surface area contributed by atoms with E-state index >= 15 is 0 Å². The van der Waals surface area contributed by atoms with Crippen LogP contribution in [0.5, 0.6) is 0 Å². The van der Waals surface area contributed by atoms with Crippen molar-refractivity contribution in [2.24, 2.45) is 10.4 Å². The summed E-state index contributed by atoms with van der Waals surface area (Å²) in [6.45, 7) is 15.2. The number of nitrogens with zero attached hydrogens (tertiary/aromatic N) is 2. The molecule has 1 heterocycles. The number of hydrogen-bond acceptors (Lipinski definition) is 3. The largest absolute Gasteiger partial charge is 0.357 e. The third kappa shape index (κ3) is 7.35. The second-order valence-corrected chi connectivity index (χ2v) is 8.56. The first-order valence-electron chi connectivity index (χ1n) is 11.0. The average molecular weight is 402 g/mol. The van der Waals surface area contributed by atoms with Crippen LogP contribution in [0.2, 0.25) is 0 Å². The first-order valence-corrected chi connectivity index (χ1v) is 11.0. The molecule has 1 aliphatic rings. The van der Waals surface area contributed by atoms with Gasteiger partial charge in [0.15, 0.2) is 5.96 Å². The maximum absolute atomic E-state index is 12.2. The van der Waals surface area contributed by atoms with E-state index in [1.807, 2.05) is 20.8 Å². The van der Waals surface area contributed by atoms with Gasteiger partial charge in [0.05, 0.1) is 12.0 Å². The zero-order valence-corrected chi connectivity index (χ0v) is 18.8. The summed E-state index contributed by atoms with van der Waals surface area (Å²) in [5, 5.41) is 9.80. The molecule has 162 valence electrons. The van der Waals surface area contributed by atoms with E-state index in [2.05, 4.69) is 59.0 Å². The molecule has 0 spiro atoms. The van der Waals surface area contributed by atoms with Crippen molar-refractivity contribution in [3.63, 3.8) is 0 Å². The third-order valence-electron chi connectivity index (χ3n) is 5.51. The minimum absolute atomic E-state index is 0.0455. The van der Waals surface area contributed by atoms with Crippen LogP contribution in [0.4, 0.5) is 0 Å². The topological polar surface area (TPSA) is 68.8 Å². The van der Waals surface area contributed by atoms with E-state index in [9.17, 15) is 4.79 Å². The zero-order valence-electron chi connectivity index (χ0n) is 18.8. The number of benzene rings is 1. The second kappa shape index (κ2) is 11.2. The minimum atomic E-state index is -0.519. The Hall–Kier alpha value is -2.08. The van der Waals surface area contributed by atoms with Crippen LogP contribution < -0.4 is 16.0 Å². The van der Waals surface area contributed by atoms with Gasteiger partial charge in [0.1, 0.15) is 0 Å². The molecule has 0 aromatic heterocycles. The Labute approximate surface area is 176 Å². The Morgan fingerprint density at radius 2 is 1.79 bits per heavy atom. The Kier molecular flexibility index (Phi) is 8.96. The van der Waals surface area contributed by atoms with Gasteiger partial charge in [0.2, 0.25) is 5.91 Å². The Morgan fingerprint density at radius 3 is 2.41 bits per heavy atom. The van der Waals surface area contributed by atoms with Crippen LogP contribution >= 0.6 is 0 Å². The number of carbonyl (C=O) groups is 1. The summed E-state index contributed by atoms with van der Waals surface area (Å²) in [4.78, 5) is 19.4. The summed E-state index contributed by atoms with van der Waals surface area (Å²) in [6.07, 6.45) is 2.19. The summed E-state index contributed by atoms with van der Waals surface area (Å²) in [7, 11) is 0. The quantitative estimate of drug-likeness (QED) is 0.463. The van der Waals surface area contributed by atoms with Gasteiger partial charge in [-0.15, -0.1) is 0 Å². The fourth-order valence-corrected chi connectivity index (χ4v) is 3.53. The molecule has 1 saturated heterocycles. The smallest absolute Gasteiger partial charge is 0.227 e. The van der Waals surface area contributed by atoms with Gasteiger partial charge in [0, 0.05) is 38.8 Å². The standard InChI is InChI=1S/C23H39N5O/c1-6-24-21(29)23(4,5)17-26-22(25-7-2)27-20-12-14-28(15-13-20)16-19-11-9-8-10-18(19)3/h8-11,20H,6-7,12-17H2,1-5H3,(H,24,29)(H2,25,26,27). The van der Waals surface area contributed by atoms with E-state index in [0.29, 0.717) is 19.1 Å². The van der Waals surface area contributed by atoms with Gasteiger partial charge in [0.25, 0.3) is 0 Å². The van der Waals surface area contributed by atoms with Crippen molar-refractivity contribution in [3.05, 3.63) is 35.4 Å². The Balaban J connectivity index is 1.87.